The maximum Gasteiger partial charge on any atom is 0.263 e. The molecule has 8 heteroatoms. The van der Waals surface area contributed by atoms with Gasteiger partial charge in [-0.25, -0.2) is 8.42 Å². The van der Waals surface area contributed by atoms with Crippen LogP contribution in [-0.2, 0) is 10.0 Å². The molecule has 1 saturated heterocycles. The van der Waals surface area contributed by atoms with Crippen molar-refractivity contribution in [2.24, 2.45) is 4.99 Å². The van der Waals surface area contributed by atoms with E-state index in [1.54, 1.807) is 30.5 Å². The summed E-state index contributed by atoms with van der Waals surface area (Å²) in [5.41, 5.74) is 0.783. The van der Waals surface area contributed by atoms with E-state index in [1.807, 2.05) is 19.9 Å². The molecule has 0 radical (unpaired) electrons. The summed E-state index contributed by atoms with van der Waals surface area (Å²) < 4.78 is 35.0. The lowest BCUT2D eigenvalue weighted by Gasteiger charge is -2.21. The molecule has 1 aliphatic rings. The van der Waals surface area contributed by atoms with Crippen molar-refractivity contribution in [3.05, 3.63) is 53.6 Å². The fourth-order valence-electron chi connectivity index (χ4n) is 3.55. The minimum Gasteiger partial charge on any atom is -0.495 e. The van der Waals surface area contributed by atoms with E-state index in [-0.39, 0.29) is 28.2 Å². The largest absolute Gasteiger partial charge is 0.495 e. The van der Waals surface area contributed by atoms with E-state index in [0.29, 0.717) is 18.6 Å². The van der Waals surface area contributed by atoms with Gasteiger partial charge in [0.15, 0.2) is 0 Å². The molecule has 30 heavy (non-hydrogen) atoms. The van der Waals surface area contributed by atoms with E-state index in [1.165, 1.54) is 22.0 Å². The van der Waals surface area contributed by atoms with Crippen LogP contribution in [0.3, 0.4) is 0 Å². The Balaban J connectivity index is 2.06. The van der Waals surface area contributed by atoms with Gasteiger partial charge in [0.2, 0.25) is 10.0 Å². The normalized spacial score (nSPS) is 16.5. The smallest absolute Gasteiger partial charge is 0.263 e. The Morgan fingerprint density at radius 3 is 2.40 bits per heavy atom. The number of ether oxygens (including phenoxy) is 1. The molecule has 1 aliphatic heterocycles. The lowest BCUT2D eigenvalue weighted by atomic mass is 10.2. The van der Waals surface area contributed by atoms with Gasteiger partial charge in [-0.3, -0.25) is 14.4 Å². The number of rotatable bonds is 5. The van der Waals surface area contributed by atoms with Crippen molar-refractivity contribution in [1.82, 2.24) is 8.87 Å². The zero-order valence-electron chi connectivity index (χ0n) is 17.7. The second-order valence-corrected chi connectivity index (χ2v) is 9.55. The fraction of sp³-hybridized carbons (Fsp3) is 0.455. The highest BCUT2D eigenvalue weighted by Crippen LogP contribution is 2.29. The van der Waals surface area contributed by atoms with Gasteiger partial charge in [-0.15, -0.1) is 0 Å². The minimum atomic E-state index is -3.77. The second-order valence-electron chi connectivity index (χ2n) is 7.64. The zero-order chi connectivity index (χ0) is 21.7. The molecule has 0 saturated carbocycles. The molecule has 0 amide bonds. The molecular formula is C22H29N3O4S. The predicted octanol–water partition coefficient (Wildman–Crippen LogP) is 3.06. The van der Waals surface area contributed by atoms with Gasteiger partial charge in [-0.2, -0.15) is 4.31 Å². The Kier molecular flexibility index (Phi) is 7.10. The highest BCUT2D eigenvalue weighted by molar-refractivity contribution is 7.89. The fourth-order valence-corrected chi connectivity index (χ4v) is 5.25. The molecule has 7 nitrogen and oxygen atoms in total. The summed E-state index contributed by atoms with van der Waals surface area (Å²) in [5, 5.41) is 0. The van der Waals surface area contributed by atoms with Crippen molar-refractivity contribution < 1.29 is 17.9 Å². The summed E-state index contributed by atoms with van der Waals surface area (Å²) in [7, 11) is -2.34. The first-order valence-corrected chi connectivity index (χ1v) is 11.7. The maximum atomic E-state index is 13.4. The van der Waals surface area contributed by atoms with Crippen LogP contribution in [0.5, 0.6) is 5.75 Å². The number of pyridine rings is 1. The standard InChI is InChI=1S/C22H29N3O4S/c1-17(2)23-21-10-6-9-15-25(21)22(26)18-11-12-19(29-3)20(16-18)30(27,28)24-13-7-4-5-8-14-24/h6,9-12,15-17H,4-5,7-8,13-14H2,1-3H3. The summed E-state index contributed by atoms with van der Waals surface area (Å²) in [4.78, 5) is 17.7. The highest BCUT2D eigenvalue weighted by atomic mass is 32.2. The average Bonchev–Trinajstić information content (AvgIpc) is 3.03. The second kappa shape index (κ2) is 9.57. The topological polar surface area (TPSA) is 81.0 Å². The van der Waals surface area contributed by atoms with E-state index < -0.39 is 10.0 Å². The van der Waals surface area contributed by atoms with Crippen molar-refractivity contribution in [2.75, 3.05) is 20.2 Å². The predicted molar refractivity (Wildman–Crippen MR) is 115 cm³/mol. The van der Waals surface area contributed by atoms with Gasteiger partial charge in [0.05, 0.1) is 7.11 Å². The zero-order valence-corrected chi connectivity index (χ0v) is 18.6. The number of carbonyl (C=O) groups is 1. The van der Waals surface area contributed by atoms with Gasteiger partial charge in [-0.1, -0.05) is 18.9 Å². The average molecular weight is 432 g/mol. The third kappa shape index (κ3) is 4.82. The van der Waals surface area contributed by atoms with Crippen LogP contribution in [0.25, 0.3) is 0 Å². The molecule has 1 fully saturated rings. The summed E-state index contributed by atoms with van der Waals surface area (Å²) >= 11 is 0. The lowest BCUT2D eigenvalue weighted by molar-refractivity contribution is 0.0954. The number of sulfonamides is 1. The van der Waals surface area contributed by atoms with Crippen LogP contribution in [0.2, 0.25) is 0 Å². The van der Waals surface area contributed by atoms with Gasteiger partial charge in [0.25, 0.3) is 5.91 Å². The molecule has 0 N–H and O–H groups in total. The van der Waals surface area contributed by atoms with E-state index in [4.69, 9.17) is 4.74 Å². The van der Waals surface area contributed by atoms with Crippen LogP contribution in [0.15, 0.2) is 52.5 Å². The highest BCUT2D eigenvalue weighted by Gasteiger charge is 2.29. The van der Waals surface area contributed by atoms with Crippen LogP contribution in [0.4, 0.5) is 0 Å². The first-order chi connectivity index (χ1) is 14.3. The van der Waals surface area contributed by atoms with E-state index in [2.05, 4.69) is 4.99 Å². The molecule has 0 bridgehead atoms. The Labute approximate surface area is 178 Å². The van der Waals surface area contributed by atoms with Gasteiger partial charge in [0, 0.05) is 30.9 Å². The van der Waals surface area contributed by atoms with Crippen molar-refractivity contribution in [2.45, 2.75) is 50.5 Å². The summed E-state index contributed by atoms with van der Waals surface area (Å²) in [6.45, 7) is 4.82. The molecule has 2 heterocycles. The monoisotopic (exact) mass is 431 g/mol. The number of nitrogens with zero attached hydrogens (tertiary/aromatic N) is 3. The number of methoxy groups -OCH3 is 1. The number of aromatic nitrogens is 1. The van der Waals surface area contributed by atoms with Crippen LogP contribution in [-0.4, -0.2) is 49.4 Å². The third-order valence-corrected chi connectivity index (χ3v) is 6.96. The number of hydrogen-bond acceptors (Lipinski definition) is 5. The van der Waals surface area contributed by atoms with Crippen molar-refractivity contribution >= 4 is 15.9 Å². The summed E-state index contributed by atoms with van der Waals surface area (Å²) in [6.07, 6.45) is 5.35. The lowest BCUT2D eigenvalue weighted by Crippen LogP contribution is -2.32. The number of carbonyl (C=O) groups excluding carboxylic acids is 1. The van der Waals surface area contributed by atoms with Crippen LogP contribution < -0.4 is 10.2 Å². The molecule has 2 aromatic rings. The van der Waals surface area contributed by atoms with Crippen LogP contribution in [0, 0.1) is 0 Å². The van der Waals surface area contributed by atoms with Crippen molar-refractivity contribution in [3.63, 3.8) is 0 Å². The first kappa shape index (κ1) is 22.2. The molecule has 0 unspecified atom stereocenters. The minimum absolute atomic E-state index is 0.0151. The van der Waals surface area contributed by atoms with Crippen LogP contribution in [0.1, 0.15) is 49.9 Å². The molecule has 0 aliphatic carbocycles. The summed E-state index contributed by atoms with van der Waals surface area (Å²) in [6, 6.07) is 9.88. The van der Waals surface area contributed by atoms with Gasteiger partial charge < -0.3 is 4.74 Å². The maximum absolute atomic E-state index is 13.4. The van der Waals surface area contributed by atoms with Crippen molar-refractivity contribution in [1.29, 1.82) is 0 Å². The van der Waals surface area contributed by atoms with E-state index >= 15 is 0 Å². The SMILES string of the molecule is COc1ccc(C(=O)n2ccccc2=NC(C)C)cc1S(=O)(=O)N1CCCCCC1. The molecule has 3 rings (SSSR count). The Morgan fingerprint density at radius 2 is 1.77 bits per heavy atom. The molecule has 162 valence electrons. The first-order valence-electron chi connectivity index (χ1n) is 10.3. The Morgan fingerprint density at radius 1 is 1.07 bits per heavy atom. The molecule has 1 aromatic carbocycles. The van der Waals surface area contributed by atoms with Gasteiger partial charge in [0.1, 0.15) is 16.1 Å². The Hall–Kier alpha value is -2.45. The number of hydrogen-bond donors (Lipinski definition) is 0. The van der Waals surface area contributed by atoms with Crippen molar-refractivity contribution in [3.8, 4) is 5.75 Å². The Bertz CT molecular complexity index is 1070. The van der Waals surface area contributed by atoms with Crippen LogP contribution >= 0.6 is 0 Å². The number of benzene rings is 1. The third-order valence-electron chi connectivity index (χ3n) is 5.04. The van der Waals surface area contributed by atoms with E-state index in [0.717, 1.165) is 25.7 Å². The molecule has 0 spiro atoms. The van der Waals surface area contributed by atoms with E-state index in [9.17, 15) is 13.2 Å². The molecule has 1 aromatic heterocycles. The molecule has 0 atom stereocenters. The van der Waals surface area contributed by atoms with Gasteiger partial charge in [-0.05, 0) is 57.0 Å². The quantitative estimate of drug-likeness (QED) is 0.729. The van der Waals surface area contributed by atoms with Gasteiger partial charge >= 0.3 is 0 Å². The molecular weight excluding hydrogens is 402 g/mol. The summed E-state index contributed by atoms with van der Waals surface area (Å²) in [5.74, 6) is -0.106.